The number of ketones is 1. The van der Waals surface area contributed by atoms with Gasteiger partial charge in [0.05, 0.1) is 18.0 Å². The number of carbonyl (C=O) groups excluding carboxylic acids is 1. The number of hydrogen-bond acceptors (Lipinski definition) is 4. The van der Waals surface area contributed by atoms with Crippen molar-refractivity contribution in [3.05, 3.63) is 71.8 Å². The normalized spacial score (nSPS) is 12.4. The highest BCUT2D eigenvalue weighted by Crippen LogP contribution is 2.25. The van der Waals surface area contributed by atoms with Crippen LogP contribution in [0.25, 0.3) is 0 Å². The van der Waals surface area contributed by atoms with Crippen LogP contribution in [0, 0.1) is 6.92 Å². The maximum absolute atomic E-state index is 12.7. The van der Waals surface area contributed by atoms with Gasteiger partial charge in [0.2, 0.25) is 10.0 Å². The van der Waals surface area contributed by atoms with Gasteiger partial charge >= 0.3 is 0 Å². The lowest BCUT2D eigenvalue weighted by Gasteiger charge is -2.20. The molecule has 0 unspecified atom stereocenters. The van der Waals surface area contributed by atoms with E-state index in [0.29, 0.717) is 11.3 Å². The Balaban J connectivity index is 2.41. The first kappa shape index (κ1) is 18.9. The molecule has 6 heteroatoms. The molecular weight excluding hydrogens is 338 g/mol. The standard InChI is InChI=1S/C19H21NO4S/c1-13-6-5-7-16(12-13)19(14(2)15(3)21)20-25(22,23)18-10-8-17(24-4)9-11-18/h5-12,19-20H,2H2,1,3-4H3/t19-/m1/s1. The Bertz CT molecular complexity index is 886. The van der Waals surface area contributed by atoms with E-state index < -0.39 is 16.1 Å². The molecule has 0 fully saturated rings. The molecule has 0 saturated carbocycles. The molecule has 0 aromatic heterocycles. The van der Waals surface area contributed by atoms with Crippen LogP contribution in [-0.2, 0) is 14.8 Å². The van der Waals surface area contributed by atoms with Gasteiger partial charge in [-0.05, 0) is 43.7 Å². The molecule has 0 amide bonds. The Labute approximate surface area is 148 Å². The maximum Gasteiger partial charge on any atom is 0.241 e. The lowest BCUT2D eigenvalue weighted by Crippen LogP contribution is -2.31. The Morgan fingerprint density at radius 2 is 1.80 bits per heavy atom. The van der Waals surface area contributed by atoms with E-state index >= 15 is 0 Å². The minimum atomic E-state index is -3.84. The van der Waals surface area contributed by atoms with Crippen molar-refractivity contribution >= 4 is 15.8 Å². The summed E-state index contributed by atoms with van der Waals surface area (Å²) >= 11 is 0. The molecule has 2 aromatic rings. The van der Waals surface area contributed by atoms with Crippen molar-refractivity contribution in [1.29, 1.82) is 0 Å². The van der Waals surface area contributed by atoms with E-state index in [-0.39, 0.29) is 16.3 Å². The highest BCUT2D eigenvalue weighted by Gasteiger charge is 2.25. The average molecular weight is 359 g/mol. The molecule has 0 aliphatic carbocycles. The third-order valence-electron chi connectivity index (χ3n) is 3.82. The van der Waals surface area contributed by atoms with Crippen molar-refractivity contribution in [3.8, 4) is 5.75 Å². The number of methoxy groups -OCH3 is 1. The second-order valence-electron chi connectivity index (χ2n) is 5.73. The number of sulfonamides is 1. The van der Waals surface area contributed by atoms with Crippen LogP contribution in [0.3, 0.4) is 0 Å². The summed E-state index contributed by atoms with van der Waals surface area (Å²) in [5, 5.41) is 0. The molecule has 0 radical (unpaired) electrons. The molecule has 0 aliphatic heterocycles. The lowest BCUT2D eigenvalue weighted by molar-refractivity contribution is -0.113. The zero-order valence-electron chi connectivity index (χ0n) is 14.4. The van der Waals surface area contributed by atoms with Gasteiger partial charge in [0.15, 0.2) is 5.78 Å². The summed E-state index contributed by atoms with van der Waals surface area (Å²) in [6.45, 7) is 7.04. The van der Waals surface area contributed by atoms with E-state index in [1.807, 2.05) is 25.1 Å². The van der Waals surface area contributed by atoms with E-state index in [4.69, 9.17) is 4.74 Å². The predicted octanol–water partition coefficient (Wildman–Crippen LogP) is 3.17. The monoisotopic (exact) mass is 359 g/mol. The number of ether oxygens (including phenoxy) is 1. The number of nitrogens with one attached hydrogen (secondary N) is 1. The lowest BCUT2D eigenvalue weighted by atomic mass is 9.97. The number of rotatable bonds is 7. The topological polar surface area (TPSA) is 72.5 Å². The highest BCUT2D eigenvalue weighted by atomic mass is 32.2. The zero-order chi connectivity index (χ0) is 18.6. The van der Waals surface area contributed by atoms with Crippen LogP contribution in [0.1, 0.15) is 24.1 Å². The summed E-state index contributed by atoms with van der Waals surface area (Å²) in [4.78, 5) is 11.9. The molecule has 0 saturated heterocycles. The van der Waals surface area contributed by atoms with Crippen LogP contribution in [0.15, 0.2) is 65.6 Å². The summed E-state index contributed by atoms with van der Waals surface area (Å²) in [5.74, 6) is 0.284. The number of carbonyl (C=O) groups is 1. The van der Waals surface area contributed by atoms with Gasteiger partial charge in [0.1, 0.15) is 5.75 Å². The summed E-state index contributed by atoms with van der Waals surface area (Å²) < 4.78 is 33.1. The number of aryl methyl sites for hydroxylation is 1. The second kappa shape index (κ2) is 7.63. The molecule has 2 rings (SSSR count). The van der Waals surface area contributed by atoms with Crippen molar-refractivity contribution < 1.29 is 17.9 Å². The molecule has 0 bridgehead atoms. The smallest absolute Gasteiger partial charge is 0.241 e. The van der Waals surface area contributed by atoms with Crippen molar-refractivity contribution in [1.82, 2.24) is 4.72 Å². The summed E-state index contributed by atoms with van der Waals surface area (Å²) in [6, 6.07) is 12.5. The van der Waals surface area contributed by atoms with Crippen LogP contribution >= 0.6 is 0 Å². The van der Waals surface area contributed by atoms with Crippen LogP contribution in [0.2, 0.25) is 0 Å². The molecule has 0 spiro atoms. The first-order valence-corrected chi connectivity index (χ1v) is 9.15. The van der Waals surface area contributed by atoms with Crippen LogP contribution in [-0.4, -0.2) is 21.3 Å². The highest BCUT2D eigenvalue weighted by molar-refractivity contribution is 7.89. The molecule has 1 N–H and O–H groups in total. The summed E-state index contributed by atoms with van der Waals surface area (Å²) in [5.41, 5.74) is 1.81. The van der Waals surface area contributed by atoms with Crippen LogP contribution < -0.4 is 9.46 Å². The van der Waals surface area contributed by atoms with Gasteiger partial charge in [-0.15, -0.1) is 0 Å². The second-order valence-corrected chi connectivity index (χ2v) is 7.44. The average Bonchev–Trinajstić information content (AvgIpc) is 2.59. The first-order chi connectivity index (χ1) is 11.7. The Hall–Kier alpha value is -2.44. The molecule has 2 aromatic carbocycles. The third kappa shape index (κ3) is 4.55. The molecule has 5 nitrogen and oxygen atoms in total. The van der Waals surface area contributed by atoms with Gasteiger partial charge in [-0.25, -0.2) is 8.42 Å². The summed E-state index contributed by atoms with van der Waals surface area (Å²) in [6.07, 6.45) is 0. The van der Waals surface area contributed by atoms with Gasteiger partial charge in [-0.2, -0.15) is 4.72 Å². The number of Topliss-reactive ketones (excluding diaryl/α,β-unsaturated/α-hetero) is 1. The Kier molecular flexibility index (Phi) is 5.77. The van der Waals surface area contributed by atoms with Gasteiger partial charge in [0.25, 0.3) is 0 Å². The predicted molar refractivity (Wildman–Crippen MR) is 97.1 cm³/mol. The first-order valence-electron chi connectivity index (χ1n) is 7.67. The van der Waals surface area contributed by atoms with Crippen LogP contribution in [0.5, 0.6) is 5.75 Å². The largest absolute Gasteiger partial charge is 0.497 e. The van der Waals surface area contributed by atoms with E-state index in [0.717, 1.165) is 5.56 Å². The van der Waals surface area contributed by atoms with Crippen LogP contribution in [0.4, 0.5) is 0 Å². The maximum atomic E-state index is 12.7. The zero-order valence-corrected chi connectivity index (χ0v) is 15.3. The molecular formula is C19H21NO4S. The molecule has 0 heterocycles. The van der Waals surface area contributed by atoms with E-state index in [9.17, 15) is 13.2 Å². The van der Waals surface area contributed by atoms with E-state index in [2.05, 4.69) is 11.3 Å². The van der Waals surface area contributed by atoms with E-state index in [1.165, 1.54) is 26.2 Å². The van der Waals surface area contributed by atoms with Gasteiger partial charge < -0.3 is 4.74 Å². The fourth-order valence-corrected chi connectivity index (χ4v) is 3.59. The fraction of sp³-hybridized carbons (Fsp3) is 0.211. The van der Waals surface area contributed by atoms with Crippen molar-refractivity contribution in [2.45, 2.75) is 24.8 Å². The minimum Gasteiger partial charge on any atom is -0.497 e. The number of benzene rings is 2. The SMILES string of the molecule is C=C(C(C)=O)[C@@H](NS(=O)(=O)c1ccc(OC)cc1)c1cccc(C)c1. The van der Waals surface area contributed by atoms with Crippen molar-refractivity contribution in [2.75, 3.05) is 7.11 Å². The molecule has 1 atom stereocenters. The van der Waals surface area contributed by atoms with Gasteiger partial charge in [0, 0.05) is 5.57 Å². The van der Waals surface area contributed by atoms with Gasteiger partial charge in [-0.1, -0.05) is 36.4 Å². The molecule has 0 aliphatic rings. The number of hydrogen-bond donors (Lipinski definition) is 1. The van der Waals surface area contributed by atoms with Crippen molar-refractivity contribution in [3.63, 3.8) is 0 Å². The molecule has 132 valence electrons. The van der Waals surface area contributed by atoms with E-state index in [1.54, 1.807) is 18.2 Å². The fourth-order valence-electron chi connectivity index (χ4n) is 2.37. The summed E-state index contributed by atoms with van der Waals surface area (Å²) in [7, 11) is -2.34. The Morgan fingerprint density at radius 3 is 2.32 bits per heavy atom. The van der Waals surface area contributed by atoms with Gasteiger partial charge in [-0.3, -0.25) is 4.79 Å². The molecule has 25 heavy (non-hydrogen) atoms. The Morgan fingerprint density at radius 1 is 1.16 bits per heavy atom. The minimum absolute atomic E-state index is 0.0855. The van der Waals surface area contributed by atoms with Crippen molar-refractivity contribution in [2.24, 2.45) is 0 Å². The quantitative estimate of drug-likeness (QED) is 0.771. The third-order valence-corrected chi connectivity index (χ3v) is 5.26.